The van der Waals surface area contributed by atoms with Crippen molar-refractivity contribution in [2.45, 2.75) is 57.8 Å². The van der Waals surface area contributed by atoms with Crippen LogP contribution in [0, 0.1) is 23.7 Å². The van der Waals surface area contributed by atoms with Crippen LogP contribution >= 0.6 is 0 Å². The van der Waals surface area contributed by atoms with Crippen molar-refractivity contribution in [2.24, 2.45) is 23.7 Å². The Hall–Kier alpha value is -0.910. The van der Waals surface area contributed by atoms with Gasteiger partial charge in [-0.3, -0.25) is 9.80 Å². The summed E-state index contributed by atoms with van der Waals surface area (Å²) in [4.78, 5) is 14.4. The molecule has 2 saturated heterocycles. The summed E-state index contributed by atoms with van der Waals surface area (Å²) in [6.45, 7) is 7.65. The van der Waals surface area contributed by atoms with Crippen molar-refractivity contribution < 1.29 is 37.5 Å². The molecule has 190 valence electrons. The van der Waals surface area contributed by atoms with Crippen molar-refractivity contribution in [3.05, 3.63) is 11.3 Å². The van der Waals surface area contributed by atoms with E-state index >= 15 is 0 Å². The molecule has 0 aromatic rings. The van der Waals surface area contributed by atoms with Gasteiger partial charge in [0.25, 0.3) is 0 Å². The number of piperazine rings is 1. The third kappa shape index (κ3) is 5.36. The average molecular weight is 479 g/mol. The maximum absolute atomic E-state index is 14.3. The van der Waals surface area contributed by atoms with E-state index in [1.807, 2.05) is 0 Å². The molecule has 0 spiro atoms. The Morgan fingerprint density at radius 2 is 1.82 bits per heavy atom. The Morgan fingerprint density at radius 1 is 1.12 bits per heavy atom. The molecule has 6 atom stereocenters. The molecular weight excluding hydrogens is 441 g/mol. The normalized spacial score (nSPS) is 38.6. The number of hydrogen-bond acceptors (Lipinski definition) is 7. The first-order valence-electron chi connectivity index (χ1n) is 12.1. The van der Waals surface area contributed by atoms with Crippen molar-refractivity contribution in [1.29, 1.82) is 0 Å². The van der Waals surface area contributed by atoms with E-state index < -0.39 is 24.0 Å². The Balaban J connectivity index is 1.63. The van der Waals surface area contributed by atoms with Gasteiger partial charge >= 0.3 is 6.18 Å². The third-order valence-electron chi connectivity index (χ3n) is 8.00. The lowest BCUT2D eigenvalue weighted by Crippen LogP contribution is -2.52. The fourth-order valence-electron chi connectivity index (χ4n) is 6.31. The van der Waals surface area contributed by atoms with Gasteiger partial charge in [0.05, 0.1) is 13.7 Å². The van der Waals surface area contributed by atoms with Crippen LogP contribution in [0.3, 0.4) is 0 Å². The number of aliphatic hydroxyl groups is 1. The first kappa shape index (κ1) is 25.2. The molecule has 1 aliphatic carbocycles. The second kappa shape index (κ2) is 9.99. The fraction of sp³-hybridized carbons (Fsp3) is 0.913. The number of allylic oxidation sites excluding steroid dienone is 1. The van der Waals surface area contributed by atoms with Crippen LogP contribution in [0.1, 0.15) is 39.5 Å². The lowest BCUT2D eigenvalue weighted by atomic mass is 9.62. The van der Waals surface area contributed by atoms with Crippen molar-refractivity contribution >= 4 is 0 Å². The second-order valence-electron chi connectivity index (χ2n) is 10.1. The predicted molar refractivity (Wildman–Crippen MR) is 114 cm³/mol. The number of β-amino-alcohol motifs (C(OH)–C–C–N with tert-alkyl or cyclic N) is 1. The summed E-state index contributed by atoms with van der Waals surface area (Å²) < 4.78 is 54.6. The second-order valence-corrected chi connectivity index (χ2v) is 10.1. The van der Waals surface area contributed by atoms with Gasteiger partial charge in [0.15, 0.2) is 0 Å². The van der Waals surface area contributed by atoms with E-state index in [1.165, 1.54) is 7.11 Å². The highest BCUT2D eigenvalue weighted by Crippen LogP contribution is 2.55. The summed E-state index contributed by atoms with van der Waals surface area (Å²) in [5.41, 5.74) is 0.371. The van der Waals surface area contributed by atoms with Gasteiger partial charge in [-0.05, 0) is 49.5 Å². The molecule has 2 unspecified atom stereocenters. The van der Waals surface area contributed by atoms with E-state index in [1.54, 1.807) is 6.92 Å². The minimum Gasteiger partial charge on any atom is -0.459 e. The molecule has 3 fully saturated rings. The SMILES string of the molecule is COO[C@]1(C)CCC2C3[C@H](OC(C(F)(F)F)=C(CN4CCN(CCO)CC4)[C@@H]3CC[C@H]2C)O1. The quantitative estimate of drug-likeness (QED) is 0.465. The maximum atomic E-state index is 14.3. The monoisotopic (exact) mass is 478 g/mol. The summed E-state index contributed by atoms with van der Waals surface area (Å²) in [5, 5.41) is 9.16. The molecular formula is C23H37F3N2O5. The van der Waals surface area contributed by atoms with Crippen LogP contribution in [0.2, 0.25) is 0 Å². The van der Waals surface area contributed by atoms with E-state index in [-0.39, 0.29) is 30.9 Å². The number of rotatable bonds is 6. The van der Waals surface area contributed by atoms with Crippen LogP contribution in [0.4, 0.5) is 13.2 Å². The van der Waals surface area contributed by atoms with E-state index in [4.69, 9.17) is 24.4 Å². The van der Waals surface area contributed by atoms with Crippen LogP contribution in [-0.4, -0.2) is 86.1 Å². The topological polar surface area (TPSA) is 63.6 Å². The fourth-order valence-corrected chi connectivity index (χ4v) is 6.31. The molecule has 1 saturated carbocycles. The Labute approximate surface area is 193 Å². The molecule has 1 N–H and O–H groups in total. The molecule has 3 heterocycles. The maximum Gasteiger partial charge on any atom is 0.449 e. The number of halogens is 3. The van der Waals surface area contributed by atoms with Crippen molar-refractivity contribution in [3.8, 4) is 0 Å². The van der Waals surface area contributed by atoms with E-state index in [0.717, 1.165) is 25.9 Å². The molecule has 10 heteroatoms. The Morgan fingerprint density at radius 3 is 2.45 bits per heavy atom. The van der Waals surface area contributed by atoms with Crippen LogP contribution in [0.5, 0.6) is 0 Å². The average Bonchev–Trinajstić information content (AvgIpc) is 2.90. The molecule has 0 aromatic carbocycles. The molecule has 0 radical (unpaired) electrons. The van der Waals surface area contributed by atoms with Crippen LogP contribution in [0.15, 0.2) is 11.3 Å². The largest absolute Gasteiger partial charge is 0.459 e. The van der Waals surface area contributed by atoms with Crippen molar-refractivity contribution in [2.75, 3.05) is 53.0 Å². The van der Waals surface area contributed by atoms with Gasteiger partial charge in [-0.1, -0.05) is 6.92 Å². The zero-order chi connectivity index (χ0) is 23.8. The number of ether oxygens (including phenoxy) is 2. The minimum absolute atomic E-state index is 0.0909. The van der Waals surface area contributed by atoms with Gasteiger partial charge in [-0.15, -0.1) is 0 Å². The third-order valence-corrected chi connectivity index (χ3v) is 8.00. The van der Waals surface area contributed by atoms with Crippen molar-refractivity contribution in [1.82, 2.24) is 9.80 Å². The van der Waals surface area contributed by atoms with E-state index in [9.17, 15) is 13.2 Å². The summed E-state index contributed by atoms with van der Waals surface area (Å²) >= 11 is 0. The van der Waals surface area contributed by atoms with E-state index in [0.29, 0.717) is 44.0 Å². The standard InChI is InChI=1S/C23H37F3N2O5/c1-15-4-5-17-18(14-28-10-8-27(9-11-28)12-13-29)20(23(24,25)26)31-21-19(17)16(15)6-7-22(2,32-21)33-30-3/h15-17,19,21,29H,4-14H2,1-3H3/t15-,16?,17+,19?,21-,22-/m1/s1. The smallest absolute Gasteiger partial charge is 0.449 e. The number of aliphatic hydroxyl groups excluding tert-OH is 1. The van der Waals surface area contributed by atoms with Crippen LogP contribution < -0.4 is 0 Å². The van der Waals surface area contributed by atoms with Crippen LogP contribution in [0.25, 0.3) is 0 Å². The minimum atomic E-state index is -4.59. The van der Waals surface area contributed by atoms with Gasteiger partial charge in [-0.2, -0.15) is 13.2 Å². The molecule has 0 bridgehead atoms. The molecule has 33 heavy (non-hydrogen) atoms. The number of alkyl halides is 3. The summed E-state index contributed by atoms with van der Waals surface area (Å²) in [6, 6.07) is 0. The first-order chi connectivity index (χ1) is 15.6. The van der Waals surface area contributed by atoms with Gasteiger partial charge in [-0.25, -0.2) is 9.78 Å². The number of nitrogens with zero attached hydrogens (tertiary/aromatic N) is 2. The first-order valence-corrected chi connectivity index (χ1v) is 12.1. The summed E-state index contributed by atoms with van der Waals surface area (Å²) in [7, 11) is 1.37. The lowest BCUT2D eigenvalue weighted by molar-refractivity contribution is -0.438. The highest BCUT2D eigenvalue weighted by atomic mass is 19.4. The number of hydrogen-bond donors (Lipinski definition) is 1. The Bertz CT molecular complexity index is 713. The molecule has 0 amide bonds. The van der Waals surface area contributed by atoms with Crippen LogP contribution in [-0.2, 0) is 19.2 Å². The molecule has 4 rings (SSSR count). The summed E-state index contributed by atoms with van der Waals surface area (Å²) in [6.07, 6.45) is -2.70. The van der Waals surface area contributed by atoms with Crippen molar-refractivity contribution in [3.63, 3.8) is 0 Å². The molecule has 0 aromatic heterocycles. The van der Waals surface area contributed by atoms with Gasteiger partial charge in [0.2, 0.25) is 17.8 Å². The highest BCUT2D eigenvalue weighted by Gasteiger charge is 2.56. The van der Waals surface area contributed by atoms with Gasteiger partial charge < -0.3 is 14.6 Å². The molecule has 7 nitrogen and oxygen atoms in total. The summed E-state index contributed by atoms with van der Waals surface area (Å²) in [5.74, 6) is -1.85. The van der Waals surface area contributed by atoms with E-state index in [2.05, 4.69) is 16.7 Å². The zero-order valence-corrected chi connectivity index (χ0v) is 19.8. The molecule has 3 aliphatic heterocycles. The highest BCUT2D eigenvalue weighted by molar-refractivity contribution is 5.24. The van der Waals surface area contributed by atoms with Gasteiger partial charge in [0, 0.05) is 51.6 Å². The lowest BCUT2D eigenvalue weighted by Gasteiger charge is -2.49. The zero-order valence-electron chi connectivity index (χ0n) is 19.8. The Kier molecular flexibility index (Phi) is 7.62. The van der Waals surface area contributed by atoms with Gasteiger partial charge in [0.1, 0.15) is 0 Å². The predicted octanol–water partition coefficient (Wildman–Crippen LogP) is 3.15. The molecule has 4 aliphatic rings.